The molecule has 0 saturated carbocycles. The lowest BCUT2D eigenvalue weighted by atomic mass is 10.2. The minimum absolute atomic E-state index is 0.0566. The lowest BCUT2D eigenvalue weighted by molar-refractivity contribution is -0.122. The third-order valence-corrected chi connectivity index (χ3v) is 5.83. The van der Waals surface area contributed by atoms with E-state index in [9.17, 15) is 9.59 Å². The number of halogens is 1. The van der Waals surface area contributed by atoms with Crippen LogP contribution in [0.2, 0.25) is 5.02 Å². The Kier molecular flexibility index (Phi) is 5.33. The van der Waals surface area contributed by atoms with Crippen LogP contribution >= 0.6 is 22.9 Å². The lowest BCUT2D eigenvalue weighted by Crippen LogP contribution is -2.43. The highest BCUT2D eigenvalue weighted by Crippen LogP contribution is 2.27. The molecule has 2 aromatic carbocycles. The van der Waals surface area contributed by atoms with Crippen LogP contribution in [-0.2, 0) is 11.3 Å². The number of fused-ring (bicyclic) bond motifs is 1. The highest BCUT2D eigenvalue weighted by molar-refractivity contribution is 7.17. The Hall–Kier alpha value is -3.16. The quantitative estimate of drug-likeness (QED) is 0.482. The van der Waals surface area contributed by atoms with E-state index in [0.717, 1.165) is 21.5 Å². The van der Waals surface area contributed by atoms with Crippen molar-refractivity contribution in [3.8, 4) is 10.6 Å². The second kappa shape index (κ2) is 8.06. The largest absolute Gasteiger partial charge is 0.338 e. The molecule has 0 unspecified atom stereocenters. The van der Waals surface area contributed by atoms with Gasteiger partial charge in [-0.3, -0.25) is 20.4 Å². The van der Waals surface area contributed by atoms with Crippen LogP contribution in [0.3, 0.4) is 0 Å². The molecule has 0 atom stereocenters. The molecule has 4 rings (SSSR count). The number of rotatable bonds is 4. The maximum absolute atomic E-state index is 12.5. The van der Waals surface area contributed by atoms with E-state index in [1.807, 2.05) is 48.7 Å². The summed E-state index contributed by atoms with van der Waals surface area (Å²) < 4.78 is 1.77. The Balaban J connectivity index is 1.41. The van der Waals surface area contributed by atoms with Gasteiger partial charge in [0.05, 0.1) is 5.69 Å². The molecule has 29 heavy (non-hydrogen) atoms. The Labute approximate surface area is 176 Å². The monoisotopic (exact) mass is 424 g/mol. The molecule has 2 N–H and O–H groups in total. The van der Waals surface area contributed by atoms with Gasteiger partial charge in [0.25, 0.3) is 11.8 Å². The number of carbonyl (C=O) groups excluding carboxylic acids is 2. The molecule has 2 aromatic heterocycles. The average molecular weight is 425 g/mol. The molecule has 8 heteroatoms. The molecule has 0 saturated heterocycles. The van der Waals surface area contributed by atoms with Crippen molar-refractivity contribution in [1.29, 1.82) is 0 Å². The third-order valence-electron chi connectivity index (χ3n) is 4.39. The summed E-state index contributed by atoms with van der Waals surface area (Å²) in [6, 6.07) is 17.0. The summed E-state index contributed by atoms with van der Waals surface area (Å²) in [5, 5.41) is 2.34. The molecule has 0 radical (unpaired) electrons. The molecule has 0 bridgehead atoms. The molecule has 146 valence electrons. The Bertz CT molecular complexity index is 1200. The molecule has 2 heterocycles. The van der Waals surface area contributed by atoms with Crippen LogP contribution in [0.1, 0.15) is 15.4 Å². The second-order valence-corrected chi connectivity index (χ2v) is 7.88. The number of amides is 2. The van der Waals surface area contributed by atoms with Gasteiger partial charge in [-0.2, -0.15) is 0 Å². The molecule has 0 aliphatic heterocycles. The van der Waals surface area contributed by atoms with E-state index in [2.05, 4.69) is 15.8 Å². The van der Waals surface area contributed by atoms with Gasteiger partial charge in [-0.15, -0.1) is 11.3 Å². The number of hydrogen-bond donors (Lipinski definition) is 2. The highest BCUT2D eigenvalue weighted by Gasteiger charge is 2.17. The summed E-state index contributed by atoms with van der Waals surface area (Å²) in [5.74, 6) is -0.739. The predicted octanol–water partition coefficient (Wildman–Crippen LogP) is 4.19. The van der Waals surface area contributed by atoms with Gasteiger partial charge in [0.1, 0.15) is 16.4 Å². The van der Waals surface area contributed by atoms with Crippen molar-refractivity contribution in [2.45, 2.75) is 13.5 Å². The minimum atomic E-state index is -0.393. The van der Waals surface area contributed by atoms with Crippen LogP contribution in [0, 0.1) is 6.92 Å². The highest BCUT2D eigenvalue weighted by atomic mass is 35.5. The van der Waals surface area contributed by atoms with Crippen LogP contribution in [0.15, 0.2) is 60.8 Å². The molecule has 4 aromatic rings. The molecule has 0 aliphatic carbocycles. The first-order chi connectivity index (χ1) is 14.0. The smallest absolute Gasteiger partial charge is 0.281 e. The van der Waals surface area contributed by atoms with Crippen molar-refractivity contribution in [3.05, 3.63) is 76.4 Å². The van der Waals surface area contributed by atoms with Gasteiger partial charge >= 0.3 is 0 Å². The number of aryl methyl sites for hydroxylation is 1. The third kappa shape index (κ3) is 4.16. The van der Waals surface area contributed by atoms with Crippen LogP contribution in [0.4, 0.5) is 0 Å². The lowest BCUT2D eigenvalue weighted by Gasteiger charge is -2.08. The van der Waals surface area contributed by atoms with E-state index < -0.39 is 5.91 Å². The standard InChI is InChI=1S/C21H17ClN4O2S/c1-13-19(29-21(23-13)15-5-3-2-4-6-15)20(28)25-24-18(27)12-26-10-9-14-7-8-16(22)11-17(14)26/h2-11H,12H2,1H3,(H,24,27)(H,25,28). The fourth-order valence-electron chi connectivity index (χ4n) is 2.98. The number of carbonyl (C=O) groups is 2. The fourth-order valence-corrected chi connectivity index (χ4v) is 4.12. The number of hydrogen-bond acceptors (Lipinski definition) is 4. The summed E-state index contributed by atoms with van der Waals surface area (Å²) in [6.07, 6.45) is 1.81. The predicted molar refractivity (Wildman–Crippen MR) is 115 cm³/mol. The minimum Gasteiger partial charge on any atom is -0.338 e. The van der Waals surface area contributed by atoms with Crippen molar-refractivity contribution < 1.29 is 9.59 Å². The number of hydrazine groups is 1. The molecule has 2 amide bonds. The van der Waals surface area contributed by atoms with Gasteiger partial charge in [0.2, 0.25) is 0 Å². The Morgan fingerprint density at radius 3 is 2.69 bits per heavy atom. The number of benzene rings is 2. The summed E-state index contributed by atoms with van der Waals surface area (Å²) in [4.78, 5) is 29.7. The normalized spacial score (nSPS) is 10.8. The Morgan fingerprint density at radius 2 is 1.90 bits per heavy atom. The summed E-state index contributed by atoms with van der Waals surface area (Å²) >= 11 is 7.33. The summed E-state index contributed by atoms with van der Waals surface area (Å²) in [5.41, 5.74) is 7.35. The molecule has 0 spiro atoms. The van der Waals surface area contributed by atoms with Crippen molar-refractivity contribution >= 4 is 45.7 Å². The second-order valence-electron chi connectivity index (χ2n) is 6.45. The number of nitrogens with one attached hydrogen (secondary N) is 2. The van der Waals surface area contributed by atoms with E-state index in [4.69, 9.17) is 11.6 Å². The van der Waals surface area contributed by atoms with Gasteiger partial charge in [-0.1, -0.05) is 48.0 Å². The van der Waals surface area contributed by atoms with Gasteiger partial charge in [0.15, 0.2) is 0 Å². The van der Waals surface area contributed by atoms with Crippen molar-refractivity contribution in [2.75, 3.05) is 0 Å². The van der Waals surface area contributed by atoms with Gasteiger partial charge in [0, 0.05) is 22.3 Å². The summed E-state index contributed by atoms with van der Waals surface area (Å²) in [7, 11) is 0. The van der Waals surface area contributed by atoms with Crippen molar-refractivity contribution in [2.24, 2.45) is 0 Å². The zero-order valence-electron chi connectivity index (χ0n) is 15.5. The van der Waals surface area contributed by atoms with E-state index in [1.54, 1.807) is 23.6 Å². The van der Waals surface area contributed by atoms with Crippen LogP contribution in [-0.4, -0.2) is 21.4 Å². The molecule has 0 aliphatic rings. The molecular weight excluding hydrogens is 408 g/mol. The zero-order valence-corrected chi connectivity index (χ0v) is 17.1. The molecule has 0 fully saturated rings. The SMILES string of the molecule is Cc1nc(-c2ccccc2)sc1C(=O)NNC(=O)Cn1ccc2ccc(Cl)cc21. The van der Waals surface area contributed by atoms with Gasteiger partial charge < -0.3 is 4.57 Å². The molecular formula is C21H17ClN4O2S. The van der Waals surface area contributed by atoms with Crippen molar-refractivity contribution in [1.82, 2.24) is 20.4 Å². The Morgan fingerprint density at radius 1 is 1.10 bits per heavy atom. The maximum Gasteiger partial charge on any atom is 0.281 e. The maximum atomic E-state index is 12.5. The van der Waals surface area contributed by atoms with E-state index in [-0.39, 0.29) is 12.5 Å². The zero-order chi connectivity index (χ0) is 20.4. The topological polar surface area (TPSA) is 76.0 Å². The first kappa shape index (κ1) is 19.2. The first-order valence-electron chi connectivity index (χ1n) is 8.88. The number of thiazole rings is 1. The van der Waals surface area contributed by atoms with Crippen molar-refractivity contribution in [3.63, 3.8) is 0 Å². The average Bonchev–Trinajstić information content (AvgIpc) is 3.30. The number of nitrogens with zero attached hydrogens (tertiary/aromatic N) is 2. The van der Waals surface area contributed by atoms with Gasteiger partial charge in [-0.05, 0) is 30.5 Å². The van der Waals surface area contributed by atoms with E-state index >= 15 is 0 Å². The van der Waals surface area contributed by atoms with Crippen LogP contribution in [0.5, 0.6) is 0 Å². The summed E-state index contributed by atoms with van der Waals surface area (Å²) in [6.45, 7) is 1.83. The van der Waals surface area contributed by atoms with E-state index in [1.165, 1.54) is 11.3 Å². The number of aromatic nitrogens is 2. The van der Waals surface area contributed by atoms with Crippen LogP contribution in [0.25, 0.3) is 21.5 Å². The first-order valence-corrected chi connectivity index (χ1v) is 10.1. The molecule has 6 nitrogen and oxygen atoms in total. The van der Waals surface area contributed by atoms with Crippen LogP contribution < -0.4 is 10.9 Å². The van der Waals surface area contributed by atoms with E-state index in [0.29, 0.717) is 15.6 Å². The fraction of sp³-hybridized carbons (Fsp3) is 0.0952. The van der Waals surface area contributed by atoms with Gasteiger partial charge in [-0.25, -0.2) is 4.98 Å².